The van der Waals surface area contributed by atoms with Crippen molar-refractivity contribution < 1.29 is 27.5 Å². The number of hydrogen-bond acceptors (Lipinski definition) is 3. The number of amides is 2. The number of nitrogens with zero attached hydrogens (tertiary/aromatic N) is 1. The van der Waals surface area contributed by atoms with Gasteiger partial charge in [0.05, 0.1) is 5.92 Å². The molecule has 1 saturated heterocycles. The molecule has 0 saturated carbocycles. The fourth-order valence-corrected chi connectivity index (χ4v) is 2.97. The fraction of sp³-hybridized carbons (Fsp3) is 0.529. The number of nitrogens with one attached hydrogen (secondary N) is 1. The maximum atomic E-state index is 12.3. The van der Waals surface area contributed by atoms with Crippen LogP contribution in [-0.2, 0) is 9.59 Å². The lowest BCUT2D eigenvalue weighted by Crippen LogP contribution is -2.36. The summed E-state index contributed by atoms with van der Waals surface area (Å²) < 4.78 is 40.2. The highest BCUT2D eigenvalue weighted by Crippen LogP contribution is 2.26. The summed E-state index contributed by atoms with van der Waals surface area (Å²) in [7, 11) is 0. The summed E-state index contributed by atoms with van der Waals surface area (Å²) in [5.41, 5.74) is 0.355. The number of anilines is 1. The summed E-state index contributed by atoms with van der Waals surface area (Å²) in [5.74, 6) is -1.17. The van der Waals surface area contributed by atoms with Gasteiger partial charge in [0.25, 0.3) is 0 Å². The third-order valence-corrected chi connectivity index (χ3v) is 4.27. The van der Waals surface area contributed by atoms with Crippen molar-refractivity contribution in [2.45, 2.75) is 45.5 Å². The van der Waals surface area contributed by atoms with Crippen LogP contribution < -0.4 is 10.1 Å². The molecule has 8 heteroatoms. The first-order valence-electron chi connectivity index (χ1n) is 8.19. The molecular formula is C17H21F3N2O3. The Balaban J connectivity index is 1.95. The van der Waals surface area contributed by atoms with Crippen LogP contribution in [0.1, 0.15) is 33.1 Å². The van der Waals surface area contributed by atoms with Crippen LogP contribution in [0, 0.1) is 5.92 Å². The average Bonchev–Trinajstić information content (AvgIpc) is 2.91. The molecule has 1 aliphatic rings. The number of rotatable bonds is 6. The van der Waals surface area contributed by atoms with Crippen molar-refractivity contribution in [3.05, 3.63) is 24.3 Å². The minimum atomic E-state index is -4.76. The Morgan fingerprint density at radius 2 is 1.88 bits per heavy atom. The molecule has 1 aromatic carbocycles. The first-order chi connectivity index (χ1) is 11.7. The van der Waals surface area contributed by atoms with E-state index < -0.39 is 12.3 Å². The predicted octanol–water partition coefficient (Wildman–Crippen LogP) is 3.56. The minimum absolute atomic E-state index is 0.0391. The van der Waals surface area contributed by atoms with Gasteiger partial charge in [-0.15, -0.1) is 13.2 Å². The second-order valence-electron chi connectivity index (χ2n) is 5.98. The number of carbonyl (C=O) groups excluding carboxylic acids is 2. The van der Waals surface area contributed by atoms with Gasteiger partial charge in [-0.25, -0.2) is 0 Å². The van der Waals surface area contributed by atoms with Crippen molar-refractivity contribution in [3.8, 4) is 5.75 Å². The SMILES string of the molecule is CCC(CC)N1CC(C(=O)Nc2ccc(OC(F)(F)F)cc2)CC1=O. The lowest BCUT2D eigenvalue weighted by molar-refractivity contribution is -0.274. The second kappa shape index (κ2) is 7.76. The normalized spacial score (nSPS) is 17.9. The maximum absolute atomic E-state index is 12.3. The quantitative estimate of drug-likeness (QED) is 0.846. The minimum Gasteiger partial charge on any atom is -0.406 e. The highest BCUT2D eigenvalue weighted by Gasteiger charge is 2.37. The molecule has 0 aromatic heterocycles. The molecule has 1 fully saturated rings. The van der Waals surface area contributed by atoms with Crippen molar-refractivity contribution in [3.63, 3.8) is 0 Å². The molecule has 1 N–H and O–H groups in total. The van der Waals surface area contributed by atoms with Crippen LogP contribution in [0.25, 0.3) is 0 Å². The number of carbonyl (C=O) groups is 2. The predicted molar refractivity (Wildman–Crippen MR) is 85.9 cm³/mol. The number of halogens is 3. The van der Waals surface area contributed by atoms with Gasteiger partial charge in [-0.05, 0) is 37.1 Å². The number of hydrogen-bond donors (Lipinski definition) is 1. The molecule has 5 nitrogen and oxygen atoms in total. The van der Waals surface area contributed by atoms with Crippen molar-refractivity contribution >= 4 is 17.5 Å². The van der Waals surface area contributed by atoms with Crippen LogP contribution in [0.15, 0.2) is 24.3 Å². The molecule has 1 unspecified atom stereocenters. The zero-order chi connectivity index (χ0) is 18.6. The maximum Gasteiger partial charge on any atom is 0.573 e. The van der Waals surface area contributed by atoms with Crippen molar-refractivity contribution in [2.24, 2.45) is 5.92 Å². The Bertz CT molecular complexity index is 613. The van der Waals surface area contributed by atoms with Crippen molar-refractivity contribution in [1.29, 1.82) is 0 Å². The van der Waals surface area contributed by atoms with Crippen LogP contribution in [-0.4, -0.2) is 35.7 Å². The van der Waals surface area contributed by atoms with Gasteiger partial charge in [-0.1, -0.05) is 13.8 Å². The monoisotopic (exact) mass is 358 g/mol. The molecule has 2 rings (SSSR count). The molecule has 138 valence electrons. The number of ether oxygens (including phenoxy) is 1. The fourth-order valence-electron chi connectivity index (χ4n) is 2.97. The molecule has 0 bridgehead atoms. The summed E-state index contributed by atoms with van der Waals surface area (Å²) in [6.07, 6.45) is -2.94. The largest absolute Gasteiger partial charge is 0.573 e. The topological polar surface area (TPSA) is 58.6 Å². The van der Waals surface area contributed by atoms with Crippen LogP contribution in [0.3, 0.4) is 0 Å². The van der Waals surface area contributed by atoms with E-state index in [9.17, 15) is 22.8 Å². The van der Waals surface area contributed by atoms with E-state index in [4.69, 9.17) is 0 Å². The molecule has 25 heavy (non-hydrogen) atoms. The highest BCUT2D eigenvalue weighted by atomic mass is 19.4. The standard InChI is InChI=1S/C17H21F3N2O3/c1-3-13(4-2)22-10-11(9-15(22)23)16(24)21-12-5-7-14(8-6-12)25-17(18,19)20/h5-8,11,13H,3-4,9-10H2,1-2H3,(H,21,24). The third kappa shape index (κ3) is 5.11. The van der Waals surface area contributed by atoms with Crippen LogP contribution >= 0.6 is 0 Å². The number of benzene rings is 1. The van der Waals surface area contributed by atoms with Gasteiger partial charge in [-0.2, -0.15) is 0 Å². The summed E-state index contributed by atoms with van der Waals surface area (Å²) in [6, 6.07) is 5.03. The lowest BCUT2D eigenvalue weighted by atomic mass is 10.1. The molecule has 0 aliphatic carbocycles. The molecule has 2 amide bonds. The first kappa shape index (κ1) is 19.1. The molecular weight excluding hydrogens is 337 g/mol. The summed E-state index contributed by atoms with van der Waals surface area (Å²) in [6.45, 7) is 4.37. The molecule has 1 heterocycles. The smallest absolute Gasteiger partial charge is 0.406 e. The van der Waals surface area contributed by atoms with Gasteiger partial charge in [0.15, 0.2) is 0 Å². The second-order valence-corrected chi connectivity index (χ2v) is 5.98. The van der Waals surface area contributed by atoms with Crippen LogP contribution in [0.5, 0.6) is 5.75 Å². The van der Waals surface area contributed by atoms with Gasteiger partial charge in [0.2, 0.25) is 11.8 Å². The van der Waals surface area contributed by atoms with Crippen LogP contribution in [0.4, 0.5) is 18.9 Å². The van der Waals surface area contributed by atoms with E-state index in [0.717, 1.165) is 25.0 Å². The summed E-state index contributed by atoms with van der Waals surface area (Å²) in [4.78, 5) is 26.2. The van der Waals surface area contributed by atoms with Gasteiger partial charge in [-0.3, -0.25) is 9.59 Å². The Hall–Kier alpha value is -2.25. The molecule has 1 aliphatic heterocycles. The van der Waals surface area contributed by atoms with E-state index in [1.807, 2.05) is 13.8 Å². The van der Waals surface area contributed by atoms with E-state index in [-0.39, 0.29) is 30.0 Å². The first-order valence-corrected chi connectivity index (χ1v) is 8.19. The van der Waals surface area contributed by atoms with Crippen molar-refractivity contribution in [2.75, 3.05) is 11.9 Å². The molecule has 0 spiro atoms. The van der Waals surface area contributed by atoms with E-state index in [1.165, 1.54) is 12.1 Å². The lowest BCUT2D eigenvalue weighted by Gasteiger charge is -2.26. The number of alkyl halides is 3. The van der Waals surface area contributed by atoms with Crippen LogP contribution in [0.2, 0.25) is 0 Å². The third-order valence-electron chi connectivity index (χ3n) is 4.27. The van der Waals surface area contributed by atoms with Crippen molar-refractivity contribution in [1.82, 2.24) is 4.90 Å². The molecule has 0 radical (unpaired) electrons. The zero-order valence-electron chi connectivity index (χ0n) is 14.1. The van der Waals surface area contributed by atoms with Gasteiger partial charge in [0.1, 0.15) is 5.75 Å². The molecule has 1 aromatic rings. The molecule has 1 atom stereocenters. The van der Waals surface area contributed by atoms with Gasteiger partial charge < -0.3 is 15.0 Å². The Morgan fingerprint density at radius 1 is 1.28 bits per heavy atom. The van der Waals surface area contributed by atoms with Gasteiger partial charge >= 0.3 is 6.36 Å². The Morgan fingerprint density at radius 3 is 2.40 bits per heavy atom. The average molecular weight is 358 g/mol. The highest BCUT2D eigenvalue weighted by molar-refractivity contribution is 5.97. The zero-order valence-corrected chi connectivity index (χ0v) is 14.1. The van der Waals surface area contributed by atoms with E-state index in [0.29, 0.717) is 12.2 Å². The summed E-state index contributed by atoms with van der Waals surface area (Å²) >= 11 is 0. The van der Waals surface area contributed by atoms with Gasteiger partial charge in [0, 0.05) is 24.7 Å². The van der Waals surface area contributed by atoms with E-state index in [2.05, 4.69) is 10.1 Å². The number of likely N-dealkylation sites (tertiary alicyclic amines) is 1. The summed E-state index contributed by atoms with van der Waals surface area (Å²) in [5, 5.41) is 2.64. The Labute approximate surface area is 144 Å². The Kier molecular flexibility index (Phi) is 5.92. The van der Waals surface area contributed by atoms with E-state index in [1.54, 1.807) is 4.90 Å². The van der Waals surface area contributed by atoms with E-state index >= 15 is 0 Å².